The molecule has 1 aliphatic heterocycles. The highest BCUT2D eigenvalue weighted by atomic mass is 19.2. The van der Waals surface area contributed by atoms with Crippen LogP contribution in [0.2, 0.25) is 0 Å². The summed E-state index contributed by atoms with van der Waals surface area (Å²) in [5, 5.41) is 11.0. The predicted octanol–water partition coefficient (Wildman–Crippen LogP) is 8.41. The van der Waals surface area contributed by atoms with Crippen molar-refractivity contribution in [2.75, 3.05) is 13.1 Å². The predicted molar refractivity (Wildman–Crippen MR) is 176 cm³/mol. The zero-order chi connectivity index (χ0) is 33.1. The van der Waals surface area contributed by atoms with Crippen LogP contribution in [0.5, 0.6) is 0 Å². The van der Waals surface area contributed by atoms with E-state index in [9.17, 15) is 23.5 Å². The zero-order valence-electron chi connectivity index (χ0n) is 28.4. The molecule has 256 valence electrons. The van der Waals surface area contributed by atoms with Gasteiger partial charge in [0.2, 0.25) is 0 Å². The van der Waals surface area contributed by atoms with Gasteiger partial charge in [0.05, 0.1) is 12.6 Å². The number of hydrogen-bond donors (Lipinski definition) is 1. The summed E-state index contributed by atoms with van der Waals surface area (Å²) in [4.78, 5) is 30.7. The lowest BCUT2D eigenvalue weighted by molar-refractivity contribution is -0.164. The van der Waals surface area contributed by atoms with Gasteiger partial charge in [-0.3, -0.25) is 4.79 Å². The summed E-state index contributed by atoms with van der Waals surface area (Å²) in [5.74, 6) is 0.440. The minimum atomic E-state index is -1.02. The van der Waals surface area contributed by atoms with Crippen molar-refractivity contribution in [2.45, 2.75) is 109 Å². The number of amides is 1. The van der Waals surface area contributed by atoms with E-state index in [1.165, 1.54) is 44.6 Å². The molecule has 5 nitrogen and oxygen atoms in total. The van der Waals surface area contributed by atoms with E-state index in [-0.39, 0.29) is 45.5 Å². The molecule has 12 rings (SSSR count). The lowest BCUT2D eigenvalue weighted by Gasteiger charge is -2.71. The minimum Gasteiger partial charge on any atom is -0.440 e. The molecule has 6 bridgehead atoms. The van der Waals surface area contributed by atoms with Gasteiger partial charge in [-0.25, -0.2) is 13.6 Å². The molecule has 7 heteroatoms. The number of aliphatic hydroxyl groups excluding tert-OH is 1. The summed E-state index contributed by atoms with van der Waals surface area (Å²) in [5.41, 5.74) is -1.12. The standard InChI is InChI=1S/C41H49F2NO4/c1-36-8-5-28(45)20-39(36)11-12-41(29(21-39)34(46)27-3-4-30(42)31(43)16-27)32(36)6-9-37(2)33(41)7-10-40(37)23-44(35(47)48-40)22-38-17-24-13-25(18-38)15-26(14-24)19-38/h3-4,11-12,16,21,24-26,28,32-33,45H,5-10,13-15,17-20,22-23H2,1-2H3. The van der Waals surface area contributed by atoms with Gasteiger partial charge in [-0.15, -0.1) is 0 Å². The monoisotopic (exact) mass is 657 g/mol. The molecule has 8 unspecified atom stereocenters. The van der Waals surface area contributed by atoms with Gasteiger partial charge in [-0.1, -0.05) is 32.1 Å². The SMILES string of the molecule is CC12CCC(O)CC13C=CC1(C(C(=O)c4ccc(F)c(F)c4)=C3)C2CCC2(C)C1CCC21CN(CC23CC4CC(CC(C4)C2)C3)C(=O)O1. The quantitative estimate of drug-likeness (QED) is 0.261. The Morgan fingerprint density at radius 2 is 1.56 bits per heavy atom. The number of carbonyl (C=O) groups excluding carboxylic acids is 2. The van der Waals surface area contributed by atoms with Gasteiger partial charge in [0.15, 0.2) is 17.4 Å². The van der Waals surface area contributed by atoms with Crippen molar-refractivity contribution in [3.05, 3.63) is 59.2 Å². The molecule has 8 fully saturated rings. The van der Waals surface area contributed by atoms with E-state index >= 15 is 0 Å². The molecule has 1 heterocycles. The van der Waals surface area contributed by atoms with Gasteiger partial charge in [0, 0.05) is 33.9 Å². The van der Waals surface area contributed by atoms with Crippen LogP contribution in [-0.4, -0.2) is 46.7 Å². The van der Waals surface area contributed by atoms with Crippen molar-refractivity contribution in [1.29, 1.82) is 0 Å². The fraction of sp³-hybridized carbons (Fsp3) is 0.707. The summed E-state index contributed by atoms with van der Waals surface area (Å²) >= 11 is 0. The van der Waals surface area contributed by atoms with Crippen LogP contribution in [0.4, 0.5) is 13.6 Å². The second kappa shape index (κ2) is 9.41. The first-order chi connectivity index (χ1) is 22.8. The van der Waals surface area contributed by atoms with Crippen LogP contribution in [0.15, 0.2) is 42.0 Å². The Kier molecular flexibility index (Phi) is 5.94. The number of carbonyl (C=O) groups is 2. The third-order valence-electron chi connectivity index (χ3n) is 16.8. The lowest BCUT2D eigenvalue weighted by Crippen LogP contribution is -2.67. The summed E-state index contributed by atoms with van der Waals surface area (Å²) in [7, 11) is 0. The Morgan fingerprint density at radius 3 is 2.27 bits per heavy atom. The van der Waals surface area contributed by atoms with Crippen LogP contribution in [0.1, 0.15) is 108 Å². The zero-order valence-corrected chi connectivity index (χ0v) is 28.4. The summed E-state index contributed by atoms with van der Waals surface area (Å²) < 4.78 is 35.3. The molecular formula is C41H49F2NO4. The van der Waals surface area contributed by atoms with Crippen molar-refractivity contribution >= 4 is 11.9 Å². The van der Waals surface area contributed by atoms with Gasteiger partial charge in [-0.2, -0.15) is 0 Å². The molecule has 1 aromatic carbocycles. The molecule has 8 atom stereocenters. The largest absolute Gasteiger partial charge is 0.440 e. The number of aliphatic hydroxyl groups is 1. The summed E-state index contributed by atoms with van der Waals surface area (Å²) in [6.07, 6.45) is 19.6. The van der Waals surface area contributed by atoms with Crippen molar-refractivity contribution in [3.63, 3.8) is 0 Å². The van der Waals surface area contributed by atoms with Crippen LogP contribution in [0.3, 0.4) is 0 Å². The third kappa shape index (κ3) is 3.60. The number of benzene rings is 1. The van der Waals surface area contributed by atoms with E-state index in [4.69, 9.17) is 4.74 Å². The van der Waals surface area contributed by atoms with E-state index in [0.29, 0.717) is 18.5 Å². The van der Waals surface area contributed by atoms with Crippen LogP contribution in [0, 0.1) is 68.3 Å². The van der Waals surface area contributed by atoms with E-state index in [2.05, 4.69) is 37.0 Å². The number of nitrogens with zero attached hydrogens (tertiary/aromatic N) is 1. The van der Waals surface area contributed by atoms with Gasteiger partial charge in [-0.05, 0) is 142 Å². The van der Waals surface area contributed by atoms with Gasteiger partial charge < -0.3 is 14.7 Å². The van der Waals surface area contributed by atoms with Crippen LogP contribution in [-0.2, 0) is 4.74 Å². The maximum atomic E-state index is 14.7. The Balaban J connectivity index is 1.04. The van der Waals surface area contributed by atoms with E-state index in [1.54, 1.807) is 0 Å². The lowest BCUT2D eigenvalue weighted by atomic mass is 9.32. The first-order valence-corrected chi connectivity index (χ1v) is 18.9. The molecule has 1 saturated heterocycles. The number of allylic oxidation sites excluding steroid dienone is 4. The van der Waals surface area contributed by atoms with Gasteiger partial charge in [0.1, 0.15) is 5.60 Å². The highest BCUT2D eigenvalue weighted by Gasteiger charge is 2.76. The number of ketones is 1. The smallest absolute Gasteiger partial charge is 0.410 e. The van der Waals surface area contributed by atoms with Gasteiger partial charge >= 0.3 is 6.09 Å². The average molecular weight is 658 g/mol. The Labute approximate surface area is 282 Å². The Morgan fingerprint density at radius 1 is 0.896 bits per heavy atom. The van der Waals surface area contributed by atoms with Crippen LogP contribution >= 0.6 is 0 Å². The van der Waals surface area contributed by atoms with Crippen molar-refractivity contribution in [2.24, 2.45) is 56.7 Å². The highest BCUT2D eigenvalue weighted by Crippen LogP contribution is 2.79. The molecule has 1 amide bonds. The Bertz CT molecular complexity index is 1670. The van der Waals surface area contributed by atoms with Gasteiger partial charge in [0.25, 0.3) is 0 Å². The first-order valence-electron chi connectivity index (χ1n) is 18.9. The molecule has 0 radical (unpaired) electrons. The van der Waals surface area contributed by atoms with Crippen LogP contribution < -0.4 is 0 Å². The van der Waals surface area contributed by atoms with Crippen molar-refractivity contribution in [3.8, 4) is 0 Å². The molecule has 1 aromatic rings. The van der Waals surface area contributed by atoms with E-state index in [0.717, 1.165) is 75.0 Å². The number of rotatable bonds is 4. The molecule has 11 aliphatic rings. The number of Topliss-reactive ketones (excluding diaryl/α,β-unsaturated/α-hetero) is 1. The fourth-order valence-electron chi connectivity index (χ4n) is 15.2. The number of hydrogen-bond acceptors (Lipinski definition) is 4. The second-order valence-corrected chi connectivity index (χ2v) is 18.9. The summed E-state index contributed by atoms with van der Waals surface area (Å²) in [6, 6.07) is 3.50. The number of halogens is 2. The molecular weight excluding hydrogens is 608 g/mol. The average Bonchev–Trinajstić information content (AvgIpc) is 3.51. The molecule has 48 heavy (non-hydrogen) atoms. The van der Waals surface area contributed by atoms with E-state index in [1.807, 2.05) is 0 Å². The number of ether oxygens (including phenoxy) is 1. The number of fused-ring (bicyclic) bond motifs is 2. The van der Waals surface area contributed by atoms with Crippen molar-refractivity contribution < 1.29 is 28.2 Å². The molecule has 7 saturated carbocycles. The normalized spacial score (nSPS) is 50.7. The molecule has 3 spiro atoms. The fourth-order valence-corrected chi connectivity index (χ4v) is 15.2. The maximum Gasteiger partial charge on any atom is 0.410 e. The summed E-state index contributed by atoms with van der Waals surface area (Å²) in [6.45, 7) is 6.13. The van der Waals surface area contributed by atoms with E-state index < -0.39 is 34.2 Å². The minimum absolute atomic E-state index is 0.0507. The molecule has 0 aromatic heterocycles. The highest BCUT2D eigenvalue weighted by molar-refractivity contribution is 6.10. The molecule has 1 N–H and O–H groups in total. The Hall–Kier alpha value is -2.54. The molecule has 10 aliphatic carbocycles. The maximum absolute atomic E-state index is 14.7. The third-order valence-corrected chi connectivity index (χ3v) is 16.8. The second-order valence-electron chi connectivity index (χ2n) is 18.9. The van der Waals surface area contributed by atoms with Crippen molar-refractivity contribution in [1.82, 2.24) is 4.90 Å². The van der Waals surface area contributed by atoms with Crippen LogP contribution in [0.25, 0.3) is 0 Å². The topological polar surface area (TPSA) is 66.8 Å². The first kappa shape index (κ1) is 30.3.